The predicted octanol–water partition coefficient (Wildman–Crippen LogP) is 12.5. The first kappa shape index (κ1) is 29.1. The van der Waals surface area contributed by atoms with Crippen LogP contribution in [0.5, 0.6) is 0 Å². The zero-order valence-corrected chi connectivity index (χ0v) is 27.7. The normalized spacial score (nSPS) is 11.5. The highest BCUT2D eigenvalue weighted by Gasteiger charge is 2.19. The summed E-state index contributed by atoms with van der Waals surface area (Å²) < 4.78 is 2.24. The maximum absolute atomic E-state index is 5.18. The number of imidazole rings is 1. The fourth-order valence-corrected chi connectivity index (χ4v) is 7.66. The molecular formula is C48H31N3. The van der Waals surface area contributed by atoms with Gasteiger partial charge >= 0.3 is 0 Å². The second kappa shape index (κ2) is 11.9. The van der Waals surface area contributed by atoms with E-state index in [0.29, 0.717) is 0 Å². The summed E-state index contributed by atoms with van der Waals surface area (Å²) >= 11 is 0. The quantitative estimate of drug-likeness (QED) is 0.174. The molecule has 0 fully saturated rings. The Morgan fingerprint density at radius 1 is 0.353 bits per heavy atom. The first-order valence-electron chi connectivity index (χ1n) is 17.3. The minimum atomic E-state index is 0.815. The van der Waals surface area contributed by atoms with Crippen molar-refractivity contribution < 1.29 is 0 Å². The molecular weight excluding hydrogens is 619 g/mol. The predicted molar refractivity (Wildman–Crippen MR) is 213 cm³/mol. The maximum atomic E-state index is 5.18. The molecule has 0 aliphatic heterocycles. The van der Waals surface area contributed by atoms with Crippen LogP contribution in [0.3, 0.4) is 0 Å². The Morgan fingerprint density at radius 3 is 1.61 bits per heavy atom. The number of pyridine rings is 1. The van der Waals surface area contributed by atoms with E-state index in [0.717, 1.165) is 39.5 Å². The molecule has 0 spiro atoms. The number of hydrogen-bond acceptors (Lipinski definition) is 2. The van der Waals surface area contributed by atoms with Crippen molar-refractivity contribution in [2.75, 3.05) is 0 Å². The van der Waals surface area contributed by atoms with Gasteiger partial charge < -0.3 is 0 Å². The van der Waals surface area contributed by atoms with Gasteiger partial charge in [-0.1, -0.05) is 146 Å². The highest BCUT2D eigenvalue weighted by Crippen LogP contribution is 2.44. The van der Waals surface area contributed by atoms with Gasteiger partial charge in [0, 0.05) is 11.3 Å². The molecule has 0 radical (unpaired) electrons. The van der Waals surface area contributed by atoms with E-state index < -0.39 is 0 Å². The molecule has 3 nitrogen and oxygen atoms in total. The average Bonchev–Trinajstić information content (AvgIpc) is 3.60. The van der Waals surface area contributed by atoms with Crippen molar-refractivity contribution in [1.29, 1.82) is 0 Å². The second-order valence-corrected chi connectivity index (χ2v) is 13.0. The Kier molecular flexibility index (Phi) is 6.81. The zero-order valence-electron chi connectivity index (χ0n) is 27.7. The van der Waals surface area contributed by atoms with Crippen molar-refractivity contribution in [3.63, 3.8) is 0 Å². The van der Waals surface area contributed by atoms with Crippen molar-refractivity contribution in [3.8, 4) is 50.7 Å². The van der Waals surface area contributed by atoms with E-state index in [-0.39, 0.29) is 0 Å². The molecule has 8 aromatic carbocycles. The van der Waals surface area contributed by atoms with E-state index in [1.165, 1.54) is 54.6 Å². The van der Waals surface area contributed by atoms with Crippen LogP contribution in [0.4, 0.5) is 0 Å². The molecule has 0 aliphatic carbocycles. The first-order valence-corrected chi connectivity index (χ1v) is 17.3. The van der Waals surface area contributed by atoms with Gasteiger partial charge in [0.15, 0.2) is 5.82 Å². The number of fused-ring (bicyclic) bond motifs is 4. The number of aromatic nitrogens is 3. The van der Waals surface area contributed by atoms with E-state index >= 15 is 0 Å². The molecule has 51 heavy (non-hydrogen) atoms. The Hall–Kier alpha value is -6.84. The molecule has 2 heterocycles. The number of nitrogens with zero attached hydrogens (tertiary/aromatic N) is 3. The van der Waals surface area contributed by atoms with E-state index in [1.54, 1.807) is 0 Å². The Bertz CT molecular complexity index is 2850. The number of benzene rings is 8. The van der Waals surface area contributed by atoms with E-state index in [9.17, 15) is 0 Å². The van der Waals surface area contributed by atoms with Crippen LogP contribution in [0.15, 0.2) is 188 Å². The monoisotopic (exact) mass is 649 g/mol. The van der Waals surface area contributed by atoms with Gasteiger partial charge in [0.05, 0.1) is 16.7 Å². The van der Waals surface area contributed by atoms with Crippen molar-refractivity contribution >= 4 is 43.4 Å². The zero-order chi connectivity index (χ0) is 33.7. The molecule has 0 saturated carbocycles. The van der Waals surface area contributed by atoms with Gasteiger partial charge in [-0.3, -0.25) is 4.57 Å². The molecule has 0 amide bonds. The van der Waals surface area contributed by atoms with Crippen LogP contribution in [-0.2, 0) is 0 Å². The summed E-state index contributed by atoms with van der Waals surface area (Å²) in [6, 6.07) is 66.8. The lowest BCUT2D eigenvalue weighted by molar-refractivity contribution is 1.08. The lowest BCUT2D eigenvalue weighted by Gasteiger charge is -2.18. The van der Waals surface area contributed by atoms with Gasteiger partial charge in [-0.05, 0) is 97.0 Å². The van der Waals surface area contributed by atoms with Crippen molar-refractivity contribution in [2.24, 2.45) is 0 Å². The Morgan fingerprint density at radius 2 is 0.902 bits per heavy atom. The molecule has 0 bridgehead atoms. The van der Waals surface area contributed by atoms with Crippen LogP contribution in [0, 0.1) is 0 Å². The molecule has 0 N–H and O–H groups in total. The smallest absolute Gasteiger partial charge is 0.164 e. The Balaban J connectivity index is 1.12. The van der Waals surface area contributed by atoms with Crippen LogP contribution in [0.1, 0.15) is 0 Å². The fraction of sp³-hybridized carbons (Fsp3) is 0. The summed E-state index contributed by atoms with van der Waals surface area (Å²) in [4.78, 5) is 10.3. The number of rotatable bonds is 5. The van der Waals surface area contributed by atoms with Gasteiger partial charge in [0.1, 0.15) is 5.69 Å². The number of hydrogen-bond donors (Lipinski definition) is 0. The topological polar surface area (TPSA) is 30.7 Å². The second-order valence-electron chi connectivity index (χ2n) is 13.0. The van der Waals surface area contributed by atoms with E-state index in [2.05, 4.69) is 187 Å². The SMILES string of the molecule is c1ccc(-c2c3ccccc3c(-c3ccc(-n4c(-c5cccc(-c6ccc7ccccc7c6)n5)nc5ccccc54)cc3)c3ccccc23)cc1. The van der Waals surface area contributed by atoms with Crippen LogP contribution in [-0.4, -0.2) is 14.5 Å². The molecule has 10 aromatic rings. The van der Waals surface area contributed by atoms with E-state index in [1.807, 2.05) is 6.07 Å². The Labute approximate surface area is 295 Å². The summed E-state index contributed by atoms with van der Waals surface area (Å²) in [5.41, 5.74) is 10.8. The standard InChI is InChI=1S/C48H31N3/c1-2-14-33(15-3-1)46-38-17-6-8-19-40(38)47(41-20-9-7-18-39(41)46)34-27-29-37(30-28-34)51-45-24-11-10-21-43(45)50-48(51)44-23-12-22-42(49-44)36-26-25-32-13-4-5-16-35(32)31-36/h1-31H. The lowest BCUT2D eigenvalue weighted by Crippen LogP contribution is -2.00. The van der Waals surface area contributed by atoms with Crippen LogP contribution < -0.4 is 0 Å². The molecule has 0 atom stereocenters. The van der Waals surface area contributed by atoms with Gasteiger partial charge in [-0.25, -0.2) is 9.97 Å². The largest absolute Gasteiger partial charge is 0.291 e. The average molecular weight is 650 g/mol. The third-order valence-corrected chi connectivity index (χ3v) is 9.99. The third kappa shape index (κ3) is 4.90. The summed E-state index contributed by atoms with van der Waals surface area (Å²) in [5.74, 6) is 0.815. The highest BCUT2D eigenvalue weighted by atomic mass is 15.1. The van der Waals surface area contributed by atoms with Crippen molar-refractivity contribution in [1.82, 2.24) is 14.5 Å². The molecule has 2 aromatic heterocycles. The van der Waals surface area contributed by atoms with Gasteiger partial charge in [-0.15, -0.1) is 0 Å². The van der Waals surface area contributed by atoms with Crippen molar-refractivity contribution in [2.45, 2.75) is 0 Å². The fourth-order valence-electron chi connectivity index (χ4n) is 7.66. The summed E-state index contributed by atoms with van der Waals surface area (Å²) in [5, 5.41) is 7.40. The molecule has 0 unspecified atom stereocenters. The summed E-state index contributed by atoms with van der Waals surface area (Å²) in [7, 11) is 0. The van der Waals surface area contributed by atoms with Gasteiger partial charge in [0.2, 0.25) is 0 Å². The molecule has 0 saturated heterocycles. The van der Waals surface area contributed by atoms with Gasteiger partial charge in [0.25, 0.3) is 0 Å². The molecule has 238 valence electrons. The lowest BCUT2D eigenvalue weighted by atomic mass is 9.86. The van der Waals surface area contributed by atoms with Crippen LogP contribution in [0.2, 0.25) is 0 Å². The maximum Gasteiger partial charge on any atom is 0.164 e. The summed E-state index contributed by atoms with van der Waals surface area (Å²) in [6.07, 6.45) is 0. The molecule has 0 aliphatic rings. The minimum Gasteiger partial charge on any atom is -0.291 e. The molecule has 10 rings (SSSR count). The summed E-state index contributed by atoms with van der Waals surface area (Å²) in [6.45, 7) is 0. The van der Waals surface area contributed by atoms with Crippen LogP contribution in [0.25, 0.3) is 94.1 Å². The van der Waals surface area contributed by atoms with Crippen molar-refractivity contribution in [3.05, 3.63) is 188 Å². The third-order valence-electron chi connectivity index (χ3n) is 9.99. The van der Waals surface area contributed by atoms with Crippen LogP contribution >= 0.6 is 0 Å². The number of para-hydroxylation sites is 2. The van der Waals surface area contributed by atoms with Gasteiger partial charge in [-0.2, -0.15) is 0 Å². The first-order chi connectivity index (χ1) is 25.3. The highest BCUT2D eigenvalue weighted by molar-refractivity contribution is 6.21. The minimum absolute atomic E-state index is 0.815. The molecule has 3 heteroatoms. The van der Waals surface area contributed by atoms with E-state index in [4.69, 9.17) is 9.97 Å².